The van der Waals surface area contributed by atoms with Crippen LogP contribution in [0, 0.1) is 0 Å². The van der Waals surface area contributed by atoms with Crippen LogP contribution in [0.2, 0.25) is 15.1 Å². The van der Waals surface area contributed by atoms with Crippen LogP contribution < -0.4 is 25.6 Å². The van der Waals surface area contributed by atoms with Crippen LogP contribution >= 0.6 is 47.0 Å². The van der Waals surface area contributed by atoms with Crippen molar-refractivity contribution in [3.63, 3.8) is 0 Å². The average molecular weight is 477 g/mol. The number of nitrogens with one attached hydrogen (secondary N) is 3. The van der Waals surface area contributed by atoms with Crippen LogP contribution in [-0.2, 0) is 9.59 Å². The van der Waals surface area contributed by atoms with Gasteiger partial charge in [-0.2, -0.15) is 0 Å². The van der Waals surface area contributed by atoms with Crippen molar-refractivity contribution in [2.45, 2.75) is 13.0 Å². The van der Waals surface area contributed by atoms with Gasteiger partial charge in [-0.3, -0.25) is 25.8 Å². The van der Waals surface area contributed by atoms with Crippen LogP contribution in [0.3, 0.4) is 0 Å². The lowest BCUT2D eigenvalue weighted by molar-refractivity contribution is -0.128. The van der Waals surface area contributed by atoms with Crippen molar-refractivity contribution in [1.82, 2.24) is 16.2 Å². The lowest BCUT2D eigenvalue weighted by atomic mass is 10.3. The minimum absolute atomic E-state index is 0.111. The largest absolute Gasteiger partial charge is 0.484 e. The van der Waals surface area contributed by atoms with E-state index in [4.69, 9.17) is 56.5 Å². The first-order valence-corrected chi connectivity index (χ1v) is 9.68. The molecule has 1 unspecified atom stereocenters. The summed E-state index contributed by atoms with van der Waals surface area (Å²) in [6.45, 7) is 1.25. The number of hydrazine groups is 1. The van der Waals surface area contributed by atoms with Crippen molar-refractivity contribution < 1.29 is 19.1 Å². The number of halogens is 3. The zero-order chi connectivity index (χ0) is 21.4. The Balaban J connectivity index is 1.72. The van der Waals surface area contributed by atoms with Crippen LogP contribution in [0.5, 0.6) is 11.5 Å². The van der Waals surface area contributed by atoms with E-state index < -0.39 is 17.9 Å². The second-order valence-electron chi connectivity index (χ2n) is 5.57. The highest BCUT2D eigenvalue weighted by molar-refractivity contribution is 7.80. The van der Waals surface area contributed by atoms with Gasteiger partial charge in [-0.05, 0) is 61.6 Å². The zero-order valence-corrected chi connectivity index (χ0v) is 18.1. The molecule has 3 N–H and O–H groups in total. The first-order chi connectivity index (χ1) is 13.7. The first-order valence-electron chi connectivity index (χ1n) is 8.14. The van der Waals surface area contributed by atoms with Crippen molar-refractivity contribution in [2.75, 3.05) is 6.61 Å². The van der Waals surface area contributed by atoms with Gasteiger partial charge in [0.2, 0.25) is 0 Å². The van der Waals surface area contributed by atoms with Gasteiger partial charge in [0.25, 0.3) is 11.8 Å². The number of carbonyl (C=O) groups is 2. The molecule has 0 heterocycles. The Morgan fingerprint density at radius 3 is 2.34 bits per heavy atom. The van der Waals surface area contributed by atoms with Gasteiger partial charge in [0, 0.05) is 10.0 Å². The Labute approximate surface area is 187 Å². The Bertz CT molecular complexity index is 896. The molecule has 0 spiro atoms. The Hall–Kier alpha value is -2.26. The SMILES string of the molecule is CC(Oc1ccc(Cl)cc1Cl)C(=O)NNC(=S)NC(=O)COc1ccc(Cl)cc1. The lowest BCUT2D eigenvalue weighted by Crippen LogP contribution is -2.52. The van der Waals surface area contributed by atoms with Gasteiger partial charge in [-0.1, -0.05) is 34.8 Å². The highest BCUT2D eigenvalue weighted by Gasteiger charge is 2.17. The van der Waals surface area contributed by atoms with Gasteiger partial charge in [0.1, 0.15) is 11.5 Å². The number of thiocarbonyl (C=S) groups is 1. The van der Waals surface area contributed by atoms with Crippen molar-refractivity contribution >= 4 is 63.9 Å². The van der Waals surface area contributed by atoms with Crippen molar-refractivity contribution in [3.05, 3.63) is 57.5 Å². The molecule has 2 aromatic rings. The summed E-state index contributed by atoms with van der Waals surface area (Å²) in [5.74, 6) is -0.272. The first kappa shape index (κ1) is 23.0. The van der Waals surface area contributed by atoms with E-state index >= 15 is 0 Å². The van der Waals surface area contributed by atoms with Crippen LogP contribution in [-0.4, -0.2) is 29.6 Å². The second kappa shape index (κ2) is 11.1. The summed E-state index contributed by atoms with van der Waals surface area (Å²) in [5, 5.41) is 3.52. The zero-order valence-electron chi connectivity index (χ0n) is 15.0. The Morgan fingerprint density at radius 1 is 1.03 bits per heavy atom. The summed E-state index contributed by atoms with van der Waals surface area (Å²) in [6.07, 6.45) is -0.895. The summed E-state index contributed by atoms with van der Waals surface area (Å²) in [6, 6.07) is 11.2. The van der Waals surface area contributed by atoms with Crippen molar-refractivity contribution in [2.24, 2.45) is 0 Å². The molecule has 0 saturated carbocycles. The van der Waals surface area contributed by atoms with Crippen LogP contribution in [0.25, 0.3) is 0 Å². The topological polar surface area (TPSA) is 88.7 Å². The number of hydrogen-bond donors (Lipinski definition) is 3. The minimum Gasteiger partial charge on any atom is -0.484 e. The molecular formula is C18H16Cl3N3O4S. The van der Waals surface area contributed by atoms with Crippen molar-refractivity contribution in [1.29, 1.82) is 0 Å². The fraction of sp³-hybridized carbons (Fsp3) is 0.167. The van der Waals surface area contributed by atoms with Crippen LogP contribution in [0.1, 0.15) is 6.92 Å². The summed E-state index contributed by atoms with van der Waals surface area (Å²) in [5.41, 5.74) is 4.73. The van der Waals surface area contributed by atoms with E-state index in [1.165, 1.54) is 13.0 Å². The molecule has 0 fully saturated rings. The number of amides is 2. The van der Waals surface area contributed by atoms with Crippen LogP contribution in [0.4, 0.5) is 0 Å². The number of carbonyl (C=O) groups excluding carboxylic acids is 2. The van der Waals surface area contributed by atoms with E-state index in [1.54, 1.807) is 36.4 Å². The monoisotopic (exact) mass is 475 g/mol. The Kier molecular flexibility index (Phi) is 8.78. The molecule has 0 aliphatic heterocycles. The third-order valence-electron chi connectivity index (χ3n) is 3.30. The third kappa shape index (κ3) is 7.94. The molecule has 2 aromatic carbocycles. The predicted molar refractivity (Wildman–Crippen MR) is 116 cm³/mol. The van der Waals surface area contributed by atoms with E-state index in [2.05, 4.69) is 16.2 Å². The third-order valence-corrected chi connectivity index (χ3v) is 4.29. The number of benzene rings is 2. The maximum atomic E-state index is 12.1. The van der Waals surface area contributed by atoms with Crippen molar-refractivity contribution in [3.8, 4) is 11.5 Å². The van der Waals surface area contributed by atoms with Gasteiger partial charge in [-0.25, -0.2) is 0 Å². The molecule has 7 nitrogen and oxygen atoms in total. The normalized spacial score (nSPS) is 11.2. The molecular weight excluding hydrogens is 461 g/mol. The molecule has 2 rings (SSSR count). The van der Waals surface area contributed by atoms with E-state index in [0.717, 1.165) is 0 Å². The fourth-order valence-electron chi connectivity index (χ4n) is 1.91. The molecule has 29 heavy (non-hydrogen) atoms. The molecule has 0 saturated heterocycles. The number of hydrogen-bond acceptors (Lipinski definition) is 5. The van der Waals surface area contributed by atoms with Gasteiger partial charge in [-0.15, -0.1) is 0 Å². The molecule has 1 atom stereocenters. The molecule has 0 radical (unpaired) electrons. The van der Waals surface area contributed by atoms with E-state index in [9.17, 15) is 9.59 Å². The molecule has 0 aromatic heterocycles. The summed E-state index contributed by atoms with van der Waals surface area (Å²) >= 11 is 22.5. The summed E-state index contributed by atoms with van der Waals surface area (Å²) in [7, 11) is 0. The quantitative estimate of drug-likeness (QED) is 0.437. The lowest BCUT2D eigenvalue weighted by Gasteiger charge is -2.17. The standard InChI is InChI=1S/C18H16Cl3N3O4S/c1-10(28-15-7-4-12(20)8-14(15)21)17(26)23-24-18(29)22-16(25)9-27-13-5-2-11(19)3-6-13/h2-8,10H,9H2,1H3,(H,23,26)(H2,22,24,25,29). The summed E-state index contributed by atoms with van der Waals surface area (Å²) in [4.78, 5) is 23.9. The smallest absolute Gasteiger partial charge is 0.279 e. The van der Waals surface area contributed by atoms with Crippen LogP contribution in [0.15, 0.2) is 42.5 Å². The summed E-state index contributed by atoms with van der Waals surface area (Å²) < 4.78 is 10.8. The highest BCUT2D eigenvalue weighted by Crippen LogP contribution is 2.28. The maximum absolute atomic E-state index is 12.1. The number of ether oxygens (including phenoxy) is 2. The average Bonchev–Trinajstić information content (AvgIpc) is 2.67. The number of rotatable bonds is 6. The predicted octanol–water partition coefficient (Wildman–Crippen LogP) is 3.52. The molecule has 2 amide bonds. The Morgan fingerprint density at radius 2 is 1.69 bits per heavy atom. The second-order valence-corrected chi connectivity index (χ2v) is 7.26. The molecule has 154 valence electrons. The van der Waals surface area contributed by atoms with Gasteiger partial charge in [0.05, 0.1) is 5.02 Å². The molecule has 0 bridgehead atoms. The van der Waals surface area contributed by atoms with Gasteiger partial charge < -0.3 is 9.47 Å². The fourth-order valence-corrected chi connectivity index (χ4v) is 2.65. The molecule has 11 heteroatoms. The minimum atomic E-state index is -0.895. The van der Waals surface area contributed by atoms with E-state index in [0.29, 0.717) is 21.5 Å². The van der Waals surface area contributed by atoms with E-state index in [1.807, 2.05) is 0 Å². The maximum Gasteiger partial charge on any atom is 0.279 e. The molecule has 0 aliphatic rings. The highest BCUT2D eigenvalue weighted by atomic mass is 35.5. The van der Waals surface area contributed by atoms with Gasteiger partial charge >= 0.3 is 0 Å². The van der Waals surface area contributed by atoms with Gasteiger partial charge in [0.15, 0.2) is 17.8 Å². The molecule has 0 aliphatic carbocycles. The van der Waals surface area contributed by atoms with E-state index in [-0.39, 0.29) is 16.7 Å².